The minimum Gasteiger partial charge on any atom is -0.497 e. The molecule has 0 atom stereocenters. The number of ether oxygens (including phenoxy) is 1. The van der Waals surface area contributed by atoms with Gasteiger partial charge in [0.15, 0.2) is 0 Å². The van der Waals surface area contributed by atoms with Gasteiger partial charge in [-0.25, -0.2) is 0 Å². The van der Waals surface area contributed by atoms with Crippen LogP contribution in [0.2, 0.25) is 5.02 Å². The van der Waals surface area contributed by atoms with E-state index in [1.165, 1.54) is 37.3 Å². The highest BCUT2D eigenvalue weighted by molar-refractivity contribution is 6.31. The zero-order valence-electron chi connectivity index (χ0n) is 13.6. The van der Waals surface area contributed by atoms with Gasteiger partial charge < -0.3 is 14.5 Å². The maximum absolute atomic E-state index is 6.28. The van der Waals surface area contributed by atoms with Gasteiger partial charge in [0, 0.05) is 16.1 Å². The van der Waals surface area contributed by atoms with Crippen LogP contribution >= 0.6 is 11.6 Å². The van der Waals surface area contributed by atoms with E-state index in [-0.39, 0.29) is 0 Å². The lowest BCUT2D eigenvalue weighted by atomic mass is 10.1. The van der Waals surface area contributed by atoms with Crippen molar-refractivity contribution < 1.29 is 14.5 Å². The van der Waals surface area contributed by atoms with E-state index in [4.69, 9.17) is 16.3 Å². The van der Waals surface area contributed by atoms with E-state index >= 15 is 0 Å². The van der Waals surface area contributed by atoms with Crippen LogP contribution in [-0.2, 0) is 13.1 Å². The summed E-state index contributed by atoms with van der Waals surface area (Å²) >= 11 is 6.28. The van der Waals surface area contributed by atoms with Gasteiger partial charge in [0.25, 0.3) is 0 Å². The third-order valence-corrected chi connectivity index (χ3v) is 5.04. The molecular weight excluding hydrogens is 308 g/mol. The van der Waals surface area contributed by atoms with Crippen molar-refractivity contribution in [2.75, 3.05) is 33.3 Å². The molecule has 1 aliphatic rings. The van der Waals surface area contributed by atoms with Crippen LogP contribution in [0.15, 0.2) is 48.5 Å². The molecule has 0 radical (unpaired) electrons. The van der Waals surface area contributed by atoms with Gasteiger partial charge in [0.05, 0.1) is 7.11 Å². The summed E-state index contributed by atoms with van der Waals surface area (Å²) in [5.74, 6) is 0.928. The first kappa shape index (κ1) is 16.3. The second-order valence-electron chi connectivity index (χ2n) is 6.29. The van der Waals surface area contributed by atoms with Crippen LogP contribution in [0.1, 0.15) is 11.1 Å². The van der Waals surface area contributed by atoms with Crippen LogP contribution in [0.4, 0.5) is 0 Å². The average molecular weight is 333 g/mol. The van der Waals surface area contributed by atoms with Crippen molar-refractivity contribution in [3.8, 4) is 5.75 Å². The zero-order valence-corrected chi connectivity index (χ0v) is 14.4. The molecule has 1 heterocycles. The first-order chi connectivity index (χ1) is 11.2. The molecule has 3 nitrogen and oxygen atoms in total. The van der Waals surface area contributed by atoms with Gasteiger partial charge in [-0.3, -0.25) is 0 Å². The molecule has 0 unspecified atom stereocenters. The fourth-order valence-corrected chi connectivity index (χ4v) is 3.46. The molecule has 2 aromatic carbocycles. The molecule has 0 spiro atoms. The number of halogens is 1. The molecule has 0 amide bonds. The Hall–Kier alpha value is -1.55. The Kier molecular flexibility index (Phi) is 5.55. The summed E-state index contributed by atoms with van der Waals surface area (Å²) in [5, 5.41) is 0.896. The SMILES string of the molecule is COc1ccc(C[NH+]2CC[NH+](Cc3ccccc3Cl)CC2)cc1. The van der Waals surface area contributed by atoms with Crippen LogP contribution in [0.5, 0.6) is 5.75 Å². The lowest BCUT2D eigenvalue weighted by Crippen LogP contribution is -3.27. The van der Waals surface area contributed by atoms with E-state index in [1.807, 2.05) is 24.3 Å². The van der Waals surface area contributed by atoms with Crippen molar-refractivity contribution in [1.82, 2.24) is 0 Å². The number of quaternary nitrogens is 2. The monoisotopic (exact) mass is 332 g/mol. The summed E-state index contributed by atoms with van der Waals surface area (Å²) in [7, 11) is 1.71. The van der Waals surface area contributed by atoms with Crippen molar-refractivity contribution in [2.45, 2.75) is 13.1 Å². The highest BCUT2D eigenvalue weighted by Gasteiger charge is 2.23. The number of benzene rings is 2. The summed E-state index contributed by atoms with van der Waals surface area (Å²) in [4.78, 5) is 3.30. The Morgan fingerprint density at radius 3 is 2.09 bits per heavy atom. The number of piperazine rings is 1. The smallest absolute Gasteiger partial charge is 0.127 e. The first-order valence-electron chi connectivity index (χ1n) is 8.28. The van der Waals surface area contributed by atoms with Crippen LogP contribution in [-0.4, -0.2) is 33.3 Å². The third-order valence-electron chi connectivity index (χ3n) is 4.68. The van der Waals surface area contributed by atoms with E-state index in [1.54, 1.807) is 16.9 Å². The van der Waals surface area contributed by atoms with Gasteiger partial charge in [-0.1, -0.05) is 29.8 Å². The minimum atomic E-state index is 0.896. The summed E-state index contributed by atoms with van der Waals surface area (Å²) < 4.78 is 5.22. The third kappa shape index (κ3) is 4.47. The lowest BCUT2D eigenvalue weighted by molar-refractivity contribution is -1.02. The lowest BCUT2D eigenvalue weighted by Gasteiger charge is -2.30. The molecule has 2 aromatic rings. The van der Waals surface area contributed by atoms with E-state index in [9.17, 15) is 0 Å². The molecule has 3 rings (SSSR count). The van der Waals surface area contributed by atoms with Gasteiger partial charge >= 0.3 is 0 Å². The Morgan fingerprint density at radius 1 is 0.870 bits per heavy atom. The molecule has 0 aromatic heterocycles. The maximum Gasteiger partial charge on any atom is 0.127 e. The molecule has 1 aliphatic heterocycles. The largest absolute Gasteiger partial charge is 0.497 e. The summed E-state index contributed by atoms with van der Waals surface area (Å²) in [5.41, 5.74) is 2.65. The average Bonchev–Trinajstić information content (AvgIpc) is 2.59. The Morgan fingerprint density at radius 2 is 1.48 bits per heavy atom. The topological polar surface area (TPSA) is 18.1 Å². The summed E-state index contributed by atoms with van der Waals surface area (Å²) in [6.07, 6.45) is 0. The van der Waals surface area contributed by atoms with E-state index < -0.39 is 0 Å². The predicted octanol–water partition coefficient (Wildman–Crippen LogP) is 0.832. The molecular formula is C19H25ClN2O+2. The molecule has 0 aliphatic carbocycles. The van der Waals surface area contributed by atoms with Crippen LogP contribution < -0.4 is 14.5 Å². The Bertz CT molecular complexity index is 622. The van der Waals surface area contributed by atoms with Gasteiger partial charge in [-0.15, -0.1) is 0 Å². The fourth-order valence-electron chi connectivity index (χ4n) is 3.25. The van der Waals surface area contributed by atoms with E-state index in [0.717, 1.165) is 23.9 Å². The number of methoxy groups -OCH3 is 1. The summed E-state index contributed by atoms with van der Waals surface area (Å²) in [6.45, 7) is 6.98. The summed E-state index contributed by atoms with van der Waals surface area (Å²) in [6, 6.07) is 16.7. The first-order valence-corrected chi connectivity index (χ1v) is 8.66. The molecule has 122 valence electrons. The Balaban J connectivity index is 1.49. The minimum absolute atomic E-state index is 0.896. The highest BCUT2D eigenvalue weighted by atomic mass is 35.5. The van der Waals surface area contributed by atoms with Gasteiger partial charge in [0.2, 0.25) is 0 Å². The second-order valence-corrected chi connectivity index (χ2v) is 6.70. The number of nitrogens with one attached hydrogen (secondary N) is 2. The molecule has 0 bridgehead atoms. The van der Waals surface area contributed by atoms with Gasteiger partial charge in [0.1, 0.15) is 45.0 Å². The molecule has 4 heteroatoms. The molecule has 1 saturated heterocycles. The van der Waals surface area contributed by atoms with Crippen molar-refractivity contribution in [3.63, 3.8) is 0 Å². The highest BCUT2D eigenvalue weighted by Crippen LogP contribution is 2.13. The van der Waals surface area contributed by atoms with Crippen LogP contribution in [0.25, 0.3) is 0 Å². The number of hydrogen-bond donors (Lipinski definition) is 2. The van der Waals surface area contributed by atoms with Crippen LogP contribution in [0.3, 0.4) is 0 Å². The molecule has 23 heavy (non-hydrogen) atoms. The number of rotatable bonds is 5. The Labute approximate surface area is 143 Å². The molecule has 1 fully saturated rings. The molecule has 2 N–H and O–H groups in total. The molecule has 0 saturated carbocycles. The van der Waals surface area contributed by atoms with Crippen molar-refractivity contribution in [1.29, 1.82) is 0 Å². The van der Waals surface area contributed by atoms with E-state index in [0.29, 0.717) is 0 Å². The van der Waals surface area contributed by atoms with Crippen LogP contribution in [0, 0.1) is 0 Å². The van der Waals surface area contributed by atoms with E-state index in [2.05, 4.69) is 24.3 Å². The van der Waals surface area contributed by atoms with Crippen molar-refractivity contribution in [3.05, 3.63) is 64.7 Å². The number of hydrogen-bond acceptors (Lipinski definition) is 1. The second kappa shape index (κ2) is 7.82. The van der Waals surface area contributed by atoms with Crippen molar-refractivity contribution >= 4 is 11.6 Å². The van der Waals surface area contributed by atoms with Gasteiger partial charge in [-0.05, 0) is 30.3 Å². The van der Waals surface area contributed by atoms with Crippen molar-refractivity contribution in [2.24, 2.45) is 0 Å². The predicted molar refractivity (Wildman–Crippen MR) is 93.2 cm³/mol. The zero-order chi connectivity index (χ0) is 16.1. The fraction of sp³-hybridized carbons (Fsp3) is 0.368. The van der Waals surface area contributed by atoms with Gasteiger partial charge in [-0.2, -0.15) is 0 Å². The quantitative estimate of drug-likeness (QED) is 0.830. The maximum atomic E-state index is 6.28. The standard InChI is InChI=1S/C19H23ClN2O/c1-23-18-8-6-16(7-9-18)14-21-10-12-22(13-11-21)15-17-4-2-3-5-19(17)20/h2-9H,10-15H2,1H3/p+2. The normalized spacial score (nSPS) is 21.1.